The van der Waals surface area contributed by atoms with E-state index in [1.807, 2.05) is 0 Å². The van der Waals surface area contributed by atoms with E-state index in [9.17, 15) is 18.3 Å². The first-order valence-corrected chi connectivity index (χ1v) is 7.77. The molecule has 0 heterocycles. The van der Waals surface area contributed by atoms with Crippen molar-refractivity contribution in [3.8, 4) is 16.9 Å². The average molecular weight is 321 g/mol. The summed E-state index contributed by atoms with van der Waals surface area (Å²) in [7, 11) is -0.861. The first-order chi connectivity index (χ1) is 10.2. The summed E-state index contributed by atoms with van der Waals surface area (Å²) in [5, 5.41) is 19.0. The second-order valence-corrected chi connectivity index (χ2v) is 6.94. The SMILES string of the molecule is CN(C)S(=O)(=O)c1ccccc1-c1ccc(C(=O)O)cc1O. The fourth-order valence-corrected chi connectivity index (χ4v) is 3.10. The van der Waals surface area contributed by atoms with Gasteiger partial charge in [-0.3, -0.25) is 0 Å². The maximum atomic E-state index is 12.4. The number of carboxylic acids is 1. The van der Waals surface area contributed by atoms with Crippen LogP contribution in [0.25, 0.3) is 11.1 Å². The molecule has 2 N–H and O–H groups in total. The number of hydrogen-bond donors (Lipinski definition) is 2. The third-order valence-corrected chi connectivity index (χ3v) is 5.05. The Hall–Kier alpha value is -2.38. The van der Waals surface area contributed by atoms with Crippen LogP contribution in [0.1, 0.15) is 10.4 Å². The number of carbonyl (C=O) groups is 1. The van der Waals surface area contributed by atoms with E-state index in [1.54, 1.807) is 18.2 Å². The Morgan fingerprint density at radius 2 is 1.68 bits per heavy atom. The molecule has 116 valence electrons. The van der Waals surface area contributed by atoms with Crippen molar-refractivity contribution >= 4 is 16.0 Å². The number of phenols is 1. The van der Waals surface area contributed by atoms with Gasteiger partial charge in [-0.05, 0) is 24.3 Å². The second kappa shape index (κ2) is 5.78. The van der Waals surface area contributed by atoms with Gasteiger partial charge >= 0.3 is 5.97 Å². The van der Waals surface area contributed by atoms with Gasteiger partial charge < -0.3 is 10.2 Å². The quantitative estimate of drug-likeness (QED) is 0.898. The third kappa shape index (κ3) is 2.81. The zero-order chi connectivity index (χ0) is 16.5. The Balaban J connectivity index is 2.68. The number of nitrogens with zero attached hydrogens (tertiary/aromatic N) is 1. The monoisotopic (exact) mass is 321 g/mol. The lowest BCUT2D eigenvalue weighted by molar-refractivity contribution is 0.0696. The lowest BCUT2D eigenvalue weighted by Crippen LogP contribution is -2.22. The van der Waals surface area contributed by atoms with Crippen LogP contribution in [0.5, 0.6) is 5.75 Å². The topological polar surface area (TPSA) is 94.9 Å². The predicted octanol–water partition coefficient (Wildman–Crippen LogP) is 2.01. The summed E-state index contributed by atoms with van der Waals surface area (Å²) >= 11 is 0. The van der Waals surface area contributed by atoms with Crippen LogP contribution in [0, 0.1) is 0 Å². The molecule has 0 radical (unpaired) electrons. The van der Waals surface area contributed by atoms with E-state index in [-0.39, 0.29) is 21.8 Å². The first-order valence-electron chi connectivity index (χ1n) is 6.33. The van der Waals surface area contributed by atoms with Gasteiger partial charge in [0.15, 0.2) is 0 Å². The molecule has 0 aromatic heterocycles. The third-order valence-electron chi connectivity index (χ3n) is 3.18. The maximum Gasteiger partial charge on any atom is 0.335 e. The fraction of sp³-hybridized carbons (Fsp3) is 0.133. The van der Waals surface area contributed by atoms with Crippen LogP contribution in [0.15, 0.2) is 47.4 Å². The van der Waals surface area contributed by atoms with Gasteiger partial charge in [0.25, 0.3) is 0 Å². The zero-order valence-electron chi connectivity index (χ0n) is 12.0. The number of hydrogen-bond acceptors (Lipinski definition) is 4. The molecular weight excluding hydrogens is 306 g/mol. The van der Waals surface area contributed by atoms with Crippen molar-refractivity contribution in [2.24, 2.45) is 0 Å². The molecule has 0 saturated heterocycles. The van der Waals surface area contributed by atoms with Gasteiger partial charge in [0.2, 0.25) is 10.0 Å². The van der Waals surface area contributed by atoms with Crippen LogP contribution < -0.4 is 0 Å². The number of aromatic hydroxyl groups is 1. The molecule has 6 nitrogen and oxygen atoms in total. The van der Waals surface area contributed by atoms with E-state index in [0.29, 0.717) is 5.56 Å². The first kappa shape index (κ1) is 16.0. The van der Waals surface area contributed by atoms with Crippen LogP contribution >= 0.6 is 0 Å². The van der Waals surface area contributed by atoms with E-state index in [1.165, 1.54) is 32.3 Å². The molecular formula is C15H15NO5S. The van der Waals surface area contributed by atoms with E-state index in [4.69, 9.17) is 5.11 Å². The highest BCUT2D eigenvalue weighted by Crippen LogP contribution is 2.35. The average Bonchev–Trinajstić information content (AvgIpc) is 2.46. The number of sulfonamides is 1. The minimum absolute atomic E-state index is 0.0402. The molecule has 0 aliphatic carbocycles. The molecule has 0 bridgehead atoms. The molecule has 2 rings (SSSR count). The van der Waals surface area contributed by atoms with Crippen molar-refractivity contribution in [1.29, 1.82) is 0 Å². The maximum absolute atomic E-state index is 12.4. The summed E-state index contributed by atoms with van der Waals surface area (Å²) < 4.78 is 25.8. The van der Waals surface area contributed by atoms with E-state index in [0.717, 1.165) is 10.4 Å². The van der Waals surface area contributed by atoms with Crippen molar-refractivity contribution in [3.63, 3.8) is 0 Å². The van der Waals surface area contributed by atoms with E-state index in [2.05, 4.69) is 0 Å². The highest BCUT2D eigenvalue weighted by Gasteiger charge is 2.23. The molecule has 0 aliphatic rings. The van der Waals surface area contributed by atoms with Gasteiger partial charge in [-0.1, -0.05) is 18.2 Å². The molecule has 0 spiro atoms. The smallest absolute Gasteiger partial charge is 0.335 e. The van der Waals surface area contributed by atoms with E-state index >= 15 is 0 Å². The number of phenolic OH excluding ortho intramolecular Hbond substituents is 1. The zero-order valence-corrected chi connectivity index (χ0v) is 12.8. The van der Waals surface area contributed by atoms with Gasteiger partial charge in [0.1, 0.15) is 5.75 Å². The number of aromatic carboxylic acids is 1. The number of benzene rings is 2. The Morgan fingerprint density at radius 1 is 1.05 bits per heavy atom. The summed E-state index contributed by atoms with van der Waals surface area (Å²) in [6.07, 6.45) is 0. The molecule has 7 heteroatoms. The van der Waals surface area contributed by atoms with Crippen LogP contribution in [-0.2, 0) is 10.0 Å². The second-order valence-electron chi connectivity index (χ2n) is 4.82. The standard InChI is InChI=1S/C15H15NO5S/c1-16(2)22(20,21)14-6-4-3-5-12(14)11-8-7-10(15(18)19)9-13(11)17/h3-9,17H,1-2H3,(H,18,19). The Morgan fingerprint density at radius 3 is 2.23 bits per heavy atom. The van der Waals surface area contributed by atoms with Crippen molar-refractivity contribution in [3.05, 3.63) is 48.0 Å². The summed E-state index contributed by atoms with van der Waals surface area (Å²) in [5.41, 5.74) is 0.492. The largest absolute Gasteiger partial charge is 0.507 e. The van der Waals surface area contributed by atoms with Crippen LogP contribution in [-0.4, -0.2) is 43.0 Å². The van der Waals surface area contributed by atoms with Crippen molar-refractivity contribution < 1.29 is 23.4 Å². The molecule has 2 aromatic rings. The van der Waals surface area contributed by atoms with Crippen molar-refractivity contribution in [2.75, 3.05) is 14.1 Å². The van der Waals surface area contributed by atoms with Crippen molar-refractivity contribution in [1.82, 2.24) is 4.31 Å². The van der Waals surface area contributed by atoms with Gasteiger partial charge in [-0.15, -0.1) is 0 Å². The van der Waals surface area contributed by atoms with E-state index < -0.39 is 16.0 Å². The summed E-state index contributed by atoms with van der Waals surface area (Å²) in [4.78, 5) is 10.9. The van der Waals surface area contributed by atoms with Gasteiger partial charge in [0, 0.05) is 25.2 Å². The minimum Gasteiger partial charge on any atom is -0.507 e. The molecule has 0 unspecified atom stereocenters. The fourth-order valence-electron chi connectivity index (χ4n) is 2.00. The number of rotatable bonds is 4. The predicted molar refractivity (Wildman–Crippen MR) is 81.4 cm³/mol. The highest BCUT2D eigenvalue weighted by molar-refractivity contribution is 7.89. The summed E-state index contributed by atoms with van der Waals surface area (Å²) in [6.45, 7) is 0. The van der Waals surface area contributed by atoms with Crippen LogP contribution in [0.2, 0.25) is 0 Å². The highest BCUT2D eigenvalue weighted by atomic mass is 32.2. The minimum atomic E-state index is -3.69. The lowest BCUT2D eigenvalue weighted by Gasteiger charge is -2.16. The van der Waals surface area contributed by atoms with Gasteiger partial charge in [0.05, 0.1) is 10.5 Å². The molecule has 0 amide bonds. The van der Waals surface area contributed by atoms with Crippen LogP contribution in [0.4, 0.5) is 0 Å². The van der Waals surface area contributed by atoms with Crippen molar-refractivity contribution in [2.45, 2.75) is 4.90 Å². The Labute approximate surface area is 128 Å². The van der Waals surface area contributed by atoms with Crippen LogP contribution in [0.3, 0.4) is 0 Å². The molecule has 0 fully saturated rings. The summed E-state index contributed by atoms with van der Waals surface area (Å²) in [5.74, 6) is -1.46. The van der Waals surface area contributed by atoms with Gasteiger partial charge in [-0.2, -0.15) is 0 Å². The molecule has 22 heavy (non-hydrogen) atoms. The van der Waals surface area contributed by atoms with Gasteiger partial charge in [-0.25, -0.2) is 17.5 Å². The molecule has 0 atom stereocenters. The summed E-state index contributed by atoms with van der Waals surface area (Å²) in [6, 6.07) is 10.0. The Bertz CT molecular complexity index is 828. The Kier molecular flexibility index (Phi) is 4.20. The molecule has 2 aromatic carbocycles. The molecule has 0 aliphatic heterocycles. The normalized spacial score (nSPS) is 11.6. The number of carboxylic acid groups (broad SMARTS) is 1. The molecule has 0 saturated carbocycles. The lowest BCUT2D eigenvalue weighted by atomic mass is 10.0.